The molecule has 0 aliphatic rings. The van der Waals surface area contributed by atoms with E-state index in [2.05, 4.69) is 25.2 Å². The van der Waals surface area contributed by atoms with E-state index in [0.717, 1.165) is 5.56 Å². The zero-order valence-corrected chi connectivity index (χ0v) is 11.9. The molecule has 106 valence electrons. The van der Waals surface area contributed by atoms with Gasteiger partial charge in [0.1, 0.15) is 0 Å². The van der Waals surface area contributed by atoms with Gasteiger partial charge in [0.05, 0.1) is 17.3 Å². The number of sulfonamides is 1. The summed E-state index contributed by atoms with van der Waals surface area (Å²) in [5.41, 5.74) is 1.00. The average molecular weight is 293 g/mol. The molecule has 2 N–H and O–H groups in total. The highest BCUT2D eigenvalue weighted by Gasteiger charge is 2.16. The number of anilines is 1. The summed E-state index contributed by atoms with van der Waals surface area (Å²) in [5.74, 6) is -0.0554. The summed E-state index contributed by atoms with van der Waals surface area (Å²) >= 11 is 0. The van der Waals surface area contributed by atoms with Crippen molar-refractivity contribution in [3.8, 4) is 0 Å². The molecular formula is C12H15N5O2S. The van der Waals surface area contributed by atoms with Crippen molar-refractivity contribution in [3.63, 3.8) is 0 Å². The van der Waals surface area contributed by atoms with Crippen LogP contribution in [0.1, 0.15) is 18.5 Å². The summed E-state index contributed by atoms with van der Waals surface area (Å²) in [4.78, 5) is 3.92. The fraction of sp³-hybridized carbons (Fsp3) is 0.250. The molecule has 2 rings (SSSR count). The van der Waals surface area contributed by atoms with Crippen LogP contribution in [-0.2, 0) is 10.0 Å². The van der Waals surface area contributed by atoms with E-state index >= 15 is 0 Å². The van der Waals surface area contributed by atoms with Crippen LogP contribution in [0.15, 0.2) is 41.6 Å². The van der Waals surface area contributed by atoms with Gasteiger partial charge < -0.3 is 5.32 Å². The van der Waals surface area contributed by atoms with Gasteiger partial charge in [-0.25, -0.2) is 18.1 Å². The molecule has 0 aliphatic carbocycles. The van der Waals surface area contributed by atoms with Gasteiger partial charge in [0.2, 0.25) is 0 Å². The summed E-state index contributed by atoms with van der Waals surface area (Å²) in [6, 6.07) is 6.77. The Balaban J connectivity index is 2.22. The lowest BCUT2D eigenvalue weighted by Crippen LogP contribution is -2.16. The van der Waals surface area contributed by atoms with Crippen LogP contribution in [0.4, 0.5) is 5.95 Å². The van der Waals surface area contributed by atoms with Crippen LogP contribution in [0.3, 0.4) is 0 Å². The third kappa shape index (κ3) is 3.28. The first-order chi connectivity index (χ1) is 9.53. The van der Waals surface area contributed by atoms with Crippen LogP contribution < -0.4 is 10.0 Å². The zero-order valence-electron chi connectivity index (χ0n) is 11.1. The summed E-state index contributed by atoms with van der Waals surface area (Å²) in [6.07, 6.45) is 2.73. The van der Waals surface area contributed by atoms with Gasteiger partial charge in [-0.3, -0.25) is 0 Å². The standard InChI is InChI=1S/C12H15N5O2S/c1-9(13-2)10-3-5-11(6-4-10)20(18,19)17-12-14-7-8-15-16-12/h3-9,13H,1-2H3,(H,14,16,17). The molecule has 0 aliphatic heterocycles. The molecule has 7 nitrogen and oxygen atoms in total. The first-order valence-corrected chi connectivity index (χ1v) is 7.45. The summed E-state index contributed by atoms with van der Waals surface area (Å²) < 4.78 is 26.5. The van der Waals surface area contributed by atoms with Crippen LogP contribution in [0.5, 0.6) is 0 Å². The molecule has 1 atom stereocenters. The molecule has 1 aromatic carbocycles. The van der Waals surface area contributed by atoms with Crippen molar-refractivity contribution in [2.45, 2.75) is 17.9 Å². The Morgan fingerprint density at radius 3 is 2.40 bits per heavy atom. The Morgan fingerprint density at radius 1 is 1.15 bits per heavy atom. The largest absolute Gasteiger partial charge is 0.313 e. The minimum Gasteiger partial charge on any atom is -0.313 e. The van der Waals surface area contributed by atoms with E-state index < -0.39 is 10.0 Å². The highest BCUT2D eigenvalue weighted by atomic mass is 32.2. The fourth-order valence-electron chi connectivity index (χ4n) is 1.58. The molecule has 0 fully saturated rings. The third-order valence-corrected chi connectivity index (χ3v) is 4.18. The van der Waals surface area contributed by atoms with Gasteiger partial charge >= 0.3 is 0 Å². The molecule has 0 radical (unpaired) electrons. The molecule has 0 saturated heterocycles. The highest BCUT2D eigenvalue weighted by Crippen LogP contribution is 2.17. The SMILES string of the molecule is CNC(C)c1ccc(S(=O)(=O)Nc2nccnn2)cc1. The molecule has 1 aromatic heterocycles. The van der Waals surface area contributed by atoms with Crippen molar-refractivity contribution in [2.24, 2.45) is 0 Å². The monoisotopic (exact) mass is 293 g/mol. The van der Waals surface area contributed by atoms with Crippen LogP contribution in [-0.4, -0.2) is 30.6 Å². The smallest absolute Gasteiger partial charge is 0.264 e. The fourth-order valence-corrected chi connectivity index (χ4v) is 2.52. The van der Waals surface area contributed by atoms with Gasteiger partial charge in [0.15, 0.2) is 0 Å². The van der Waals surface area contributed by atoms with Crippen molar-refractivity contribution < 1.29 is 8.42 Å². The number of hydrogen-bond donors (Lipinski definition) is 2. The van der Waals surface area contributed by atoms with Crippen LogP contribution in [0.25, 0.3) is 0 Å². The lowest BCUT2D eigenvalue weighted by molar-refractivity contribution is 0.600. The molecule has 2 aromatic rings. The molecule has 0 bridgehead atoms. The number of aromatic nitrogens is 3. The van der Waals surface area contributed by atoms with E-state index in [1.807, 2.05) is 14.0 Å². The number of nitrogens with zero attached hydrogens (tertiary/aromatic N) is 3. The maximum absolute atomic E-state index is 12.1. The quantitative estimate of drug-likeness (QED) is 0.852. The zero-order chi connectivity index (χ0) is 14.6. The number of benzene rings is 1. The summed E-state index contributed by atoms with van der Waals surface area (Å²) in [6.45, 7) is 1.99. The van der Waals surface area contributed by atoms with Gasteiger partial charge in [-0.2, -0.15) is 5.10 Å². The number of rotatable bonds is 5. The van der Waals surface area contributed by atoms with Gasteiger partial charge in [0.25, 0.3) is 16.0 Å². The molecular weight excluding hydrogens is 278 g/mol. The lowest BCUT2D eigenvalue weighted by atomic mass is 10.1. The molecule has 8 heteroatoms. The third-order valence-electron chi connectivity index (χ3n) is 2.83. The van der Waals surface area contributed by atoms with E-state index in [0.29, 0.717) is 0 Å². The summed E-state index contributed by atoms with van der Waals surface area (Å²) in [5, 5.41) is 10.2. The molecule has 0 spiro atoms. The molecule has 20 heavy (non-hydrogen) atoms. The van der Waals surface area contributed by atoms with E-state index in [4.69, 9.17) is 0 Å². The first-order valence-electron chi connectivity index (χ1n) is 5.96. The number of hydrogen-bond acceptors (Lipinski definition) is 6. The normalized spacial score (nSPS) is 12.9. The van der Waals surface area contributed by atoms with E-state index in [-0.39, 0.29) is 16.9 Å². The van der Waals surface area contributed by atoms with Gasteiger partial charge in [-0.1, -0.05) is 12.1 Å². The molecule has 0 amide bonds. The Kier molecular flexibility index (Phi) is 4.26. The molecule has 0 saturated carbocycles. The van der Waals surface area contributed by atoms with Crippen molar-refractivity contribution in [1.82, 2.24) is 20.5 Å². The minimum atomic E-state index is -3.70. The van der Waals surface area contributed by atoms with E-state index in [1.165, 1.54) is 12.4 Å². The maximum atomic E-state index is 12.1. The van der Waals surface area contributed by atoms with Crippen molar-refractivity contribution >= 4 is 16.0 Å². The average Bonchev–Trinajstić information content (AvgIpc) is 2.47. The van der Waals surface area contributed by atoms with E-state index in [1.54, 1.807) is 24.3 Å². The first kappa shape index (κ1) is 14.4. The van der Waals surface area contributed by atoms with Crippen molar-refractivity contribution in [2.75, 3.05) is 11.8 Å². The second-order valence-electron chi connectivity index (χ2n) is 4.15. The van der Waals surface area contributed by atoms with E-state index in [9.17, 15) is 8.42 Å². The Morgan fingerprint density at radius 2 is 1.85 bits per heavy atom. The van der Waals surface area contributed by atoms with Gasteiger partial charge in [-0.05, 0) is 31.7 Å². The van der Waals surface area contributed by atoms with Crippen LogP contribution in [0.2, 0.25) is 0 Å². The Labute approximate surface area is 117 Å². The van der Waals surface area contributed by atoms with Crippen molar-refractivity contribution in [1.29, 1.82) is 0 Å². The predicted octanol–water partition coefficient (Wildman–Crippen LogP) is 0.953. The predicted molar refractivity (Wildman–Crippen MR) is 74.6 cm³/mol. The second-order valence-corrected chi connectivity index (χ2v) is 5.83. The molecule has 1 unspecified atom stereocenters. The number of nitrogens with one attached hydrogen (secondary N) is 2. The van der Waals surface area contributed by atoms with Gasteiger partial charge in [0, 0.05) is 6.04 Å². The Hall–Kier alpha value is -2.06. The summed E-state index contributed by atoms with van der Waals surface area (Å²) in [7, 11) is -1.85. The molecule has 1 heterocycles. The maximum Gasteiger partial charge on any atom is 0.264 e. The minimum absolute atomic E-state index is 0.0554. The highest BCUT2D eigenvalue weighted by molar-refractivity contribution is 7.92. The second kappa shape index (κ2) is 5.93. The van der Waals surface area contributed by atoms with Crippen LogP contribution in [0, 0.1) is 0 Å². The lowest BCUT2D eigenvalue weighted by Gasteiger charge is -2.11. The topological polar surface area (TPSA) is 96.9 Å². The van der Waals surface area contributed by atoms with Crippen molar-refractivity contribution in [3.05, 3.63) is 42.2 Å². The Bertz CT molecular complexity index is 658. The van der Waals surface area contributed by atoms with Crippen LogP contribution >= 0.6 is 0 Å². The van der Waals surface area contributed by atoms with Gasteiger partial charge in [-0.15, -0.1) is 5.10 Å².